The molecule has 0 amide bonds. The van der Waals surface area contributed by atoms with Gasteiger partial charge in [0, 0.05) is 12.6 Å². The Kier molecular flexibility index (Phi) is 3.96. The van der Waals surface area contributed by atoms with Crippen LogP contribution in [0.25, 0.3) is 10.6 Å². The first kappa shape index (κ1) is 14.1. The van der Waals surface area contributed by atoms with Gasteiger partial charge >= 0.3 is 0 Å². The number of aromatic nitrogens is 2. The molecule has 0 atom stereocenters. The number of phenols is 2. The zero-order valence-corrected chi connectivity index (χ0v) is 12.8. The molecule has 1 aromatic carbocycles. The summed E-state index contributed by atoms with van der Waals surface area (Å²) >= 11 is 1.51. The first-order valence-electron chi connectivity index (χ1n) is 7.24. The number of aromatic hydroxyl groups is 2. The van der Waals surface area contributed by atoms with Gasteiger partial charge in [-0.15, -0.1) is 0 Å². The fourth-order valence-electron chi connectivity index (χ4n) is 2.60. The zero-order valence-electron chi connectivity index (χ0n) is 12.0. The van der Waals surface area contributed by atoms with Crippen LogP contribution >= 0.6 is 11.3 Å². The van der Waals surface area contributed by atoms with Crippen molar-refractivity contribution in [1.82, 2.24) is 9.78 Å². The highest BCUT2D eigenvalue weighted by Gasteiger charge is 2.13. The predicted octanol–water partition coefficient (Wildman–Crippen LogP) is 2.79. The van der Waals surface area contributed by atoms with E-state index in [-0.39, 0.29) is 11.5 Å². The molecule has 0 radical (unpaired) electrons. The quantitative estimate of drug-likeness (QED) is 0.838. The lowest BCUT2D eigenvalue weighted by Crippen LogP contribution is -2.18. The van der Waals surface area contributed by atoms with Gasteiger partial charge in [0.05, 0.1) is 6.04 Å². The molecule has 1 aliphatic rings. The zero-order chi connectivity index (χ0) is 14.8. The van der Waals surface area contributed by atoms with E-state index in [1.165, 1.54) is 42.7 Å². The van der Waals surface area contributed by atoms with E-state index in [9.17, 15) is 10.2 Å². The van der Waals surface area contributed by atoms with Crippen molar-refractivity contribution in [2.75, 3.05) is 0 Å². The van der Waals surface area contributed by atoms with E-state index in [2.05, 4.69) is 5.10 Å². The molecule has 0 unspecified atom stereocenters. The average Bonchev–Trinajstić information content (AvgIpc) is 2.84. The lowest BCUT2D eigenvalue weighted by Gasteiger charge is -2.16. The van der Waals surface area contributed by atoms with Gasteiger partial charge in [-0.2, -0.15) is 5.10 Å². The molecule has 2 N–H and O–H groups in total. The molecular formula is C15H19N3O2S. The molecular weight excluding hydrogens is 286 g/mol. The van der Waals surface area contributed by atoms with Gasteiger partial charge in [0.1, 0.15) is 5.01 Å². The van der Waals surface area contributed by atoms with Crippen molar-refractivity contribution in [3.05, 3.63) is 23.0 Å². The third kappa shape index (κ3) is 3.10. The summed E-state index contributed by atoms with van der Waals surface area (Å²) in [5.74, 6) is -0.247. The molecule has 5 nitrogen and oxygen atoms in total. The second-order valence-corrected chi connectivity index (χ2v) is 6.39. The number of hydrogen-bond acceptors (Lipinski definition) is 5. The molecule has 3 rings (SSSR count). The number of phenolic OH excluding ortho intramolecular Hbond substituents is 2. The van der Waals surface area contributed by atoms with E-state index < -0.39 is 0 Å². The molecule has 6 heteroatoms. The van der Waals surface area contributed by atoms with Crippen LogP contribution in [0.1, 0.15) is 32.1 Å². The largest absolute Gasteiger partial charge is 0.504 e. The van der Waals surface area contributed by atoms with Crippen LogP contribution in [0.4, 0.5) is 0 Å². The number of nitrogens with zero attached hydrogens (tertiary/aromatic N) is 3. The van der Waals surface area contributed by atoms with Crippen LogP contribution in [0, 0.1) is 0 Å². The van der Waals surface area contributed by atoms with Crippen molar-refractivity contribution < 1.29 is 10.2 Å². The highest BCUT2D eigenvalue weighted by atomic mass is 32.1. The molecule has 1 aromatic heterocycles. The fourth-order valence-corrected chi connectivity index (χ4v) is 3.56. The van der Waals surface area contributed by atoms with Crippen molar-refractivity contribution >= 4 is 11.3 Å². The molecule has 112 valence electrons. The Hall–Kier alpha value is -1.82. The minimum absolute atomic E-state index is 0.119. The van der Waals surface area contributed by atoms with Crippen LogP contribution in [0.15, 0.2) is 23.2 Å². The standard InChI is InChI=1S/C15H19N3O2S/c1-18-15(16-11-5-3-2-4-6-11)21-14(17-18)10-7-8-12(19)13(20)9-10/h7-9,11,19-20H,2-6H2,1H3/b16-15+. The molecule has 1 heterocycles. The molecule has 0 bridgehead atoms. The number of aryl methyl sites for hydroxylation is 1. The molecule has 0 aliphatic heterocycles. The van der Waals surface area contributed by atoms with E-state index in [1.807, 2.05) is 7.05 Å². The molecule has 1 fully saturated rings. The first-order chi connectivity index (χ1) is 10.1. The van der Waals surface area contributed by atoms with Crippen LogP contribution in [0.2, 0.25) is 0 Å². The van der Waals surface area contributed by atoms with Crippen molar-refractivity contribution in [2.24, 2.45) is 12.0 Å². The highest BCUT2D eigenvalue weighted by Crippen LogP contribution is 2.30. The lowest BCUT2D eigenvalue weighted by molar-refractivity contribution is 0.404. The topological polar surface area (TPSA) is 70.6 Å². The Labute approximate surface area is 127 Å². The smallest absolute Gasteiger partial charge is 0.203 e. The average molecular weight is 305 g/mol. The third-order valence-corrected chi connectivity index (χ3v) is 4.86. The maximum Gasteiger partial charge on any atom is 0.203 e. The summed E-state index contributed by atoms with van der Waals surface area (Å²) in [7, 11) is 1.89. The fraction of sp³-hybridized carbons (Fsp3) is 0.467. The normalized spacial score (nSPS) is 17.3. The summed E-state index contributed by atoms with van der Waals surface area (Å²) in [5, 5.41) is 24.2. The second-order valence-electron chi connectivity index (χ2n) is 5.44. The van der Waals surface area contributed by atoms with Gasteiger partial charge in [-0.3, -0.25) is 4.99 Å². The Bertz CT molecular complexity index is 699. The molecule has 21 heavy (non-hydrogen) atoms. The van der Waals surface area contributed by atoms with Crippen LogP contribution in [-0.4, -0.2) is 26.0 Å². The minimum Gasteiger partial charge on any atom is -0.504 e. The Morgan fingerprint density at radius 2 is 1.95 bits per heavy atom. The van der Waals surface area contributed by atoms with Gasteiger partial charge in [0.2, 0.25) is 4.80 Å². The molecule has 1 aliphatic carbocycles. The van der Waals surface area contributed by atoms with E-state index in [1.54, 1.807) is 10.7 Å². The lowest BCUT2D eigenvalue weighted by atomic mass is 9.96. The van der Waals surface area contributed by atoms with Crippen LogP contribution in [0.3, 0.4) is 0 Å². The van der Waals surface area contributed by atoms with Crippen LogP contribution in [0.5, 0.6) is 11.5 Å². The maximum atomic E-state index is 9.60. The second kappa shape index (κ2) is 5.89. The van der Waals surface area contributed by atoms with Crippen LogP contribution in [-0.2, 0) is 7.05 Å². The monoisotopic (exact) mass is 305 g/mol. The highest BCUT2D eigenvalue weighted by molar-refractivity contribution is 7.12. The van der Waals surface area contributed by atoms with E-state index in [0.717, 1.165) is 28.2 Å². The van der Waals surface area contributed by atoms with Crippen molar-refractivity contribution in [1.29, 1.82) is 0 Å². The van der Waals surface area contributed by atoms with Gasteiger partial charge in [-0.05, 0) is 31.0 Å². The molecule has 0 spiro atoms. The Morgan fingerprint density at radius 3 is 2.67 bits per heavy atom. The SMILES string of the molecule is Cn1nc(-c2ccc(O)c(O)c2)s/c1=N/C1CCCCC1. The Morgan fingerprint density at radius 1 is 1.19 bits per heavy atom. The molecule has 0 saturated heterocycles. The predicted molar refractivity (Wildman–Crippen MR) is 82.3 cm³/mol. The summed E-state index contributed by atoms with van der Waals surface area (Å²) in [5.41, 5.74) is 0.788. The van der Waals surface area contributed by atoms with E-state index in [4.69, 9.17) is 4.99 Å². The van der Waals surface area contributed by atoms with Crippen molar-refractivity contribution in [3.63, 3.8) is 0 Å². The molecule has 2 aromatic rings. The van der Waals surface area contributed by atoms with E-state index in [0.29, 0.717) is 6.04 Å². The van der Waals surface area contributed by atoms with Crippen molar-refractivity contribution in [3.8, 4) is 22.1 Å². The summed E-state index contributed by atoms with van der Waals surface area (Å²) < 4.78 is 1.79. The summed E-state index contributed by atoms with van der Waals surface area (Å²) in [6.07, 6.45) is 6.16. The Balaban J connectivity index is 1.93. The van der Waals surface area contributed by atoms with Crippen molar-refractivity contribution in [2.45, 2.75) is 38.1 Å². The minimum atomic E-state index is -0.129. The maximum absolute atomic E-state index is 9.60. The van der Waals surface area contributed by atoms with Gasteiger partial charge in [-0.1, -0.05) is 30.6 Å². The number of hydrogen-bond donors (Lipinski definition) is 2. The number of rotatable bonds is 2. The summed E-state index contributed by atoms with van der Waals surface area (Å²) in [4.78, 5) is 5.72. The van der Waals surface area contributed by atoms with Gasteiger partial charge in [0.15, 0.2) is 11.5 Å². The molecule has 1 saturated carbocycles. The van der Waals surface area contributed by atoms with Gasteiger partial charge in [0.25, 0.3) is 0 Å². The summed E-state index contributed by atoms with van der Waals surface area (Å²) in [6.45, 7) is 0. The van der Waals surface area contributed by atoms with Gasteiger partial charge in [-0.25, -0.2) is 4.68 Å². The summed E-state index contributed by atoms with van der Waals surface area (Å²) in [6, 6.07) is 5.16. The van der Waals surface area contributed by atoms with E-state index >= 15 is 0 Å². The van der Waals surface area contributed by atoms with Gasteiger partial charge < -0.3 is 10.2 Å². The third-order valence-electron chi connectivity index (χ3n) is 3.80. The van der Waals surface area contributed by atoms with Crippen LogP contribution < -0.4 is 4.80 Å². The number of benzene rings is 1. The first-order valence-corrected chi connectivity index (χ1v) is 8.05.